The number of fused-ring (bicyclic) bond motifs is 1. The van der Waals surface area contributed by atoms with E-state index in [4.69, 9.17) is 4.98 Å². The number of hydrogen-bond acceptors (Lipinski definition) is 2. The minimum atomic E-state index is 0.272. The van der Waals surface area contributed by atoms with Crippen LogP contribution in [0.15, 0.2) is 24.3 Å². The summed E-state index contributed by atoms with van der Waals surface area (Å²) < 4.78 is 2.49. The Morgan fingerprint density at radius 3 is 2.03 bits per heavy atom. The Labute approximate surface area is 240 Å². The molecule has 0 saturated heterocycles. The van der Waals surface area contributed by atoms with E-state index in [0.717, 1.165) is 57.1 Å². The molecule has 0 atom stereocenters. The summed E-state index contributed by atoms with van der Waals surface area (Å²) in [5.74, 6) is 1.82. The van der Waals surface area contributed by atoms with Gasteiger partial charge >= 0.3 is 0 Å². The first-order chi connectivity index (χ1) is 19.3. The molecule has 4 nitrogen and oxygen atoms in total. The van der Waals surface area contributed by atoms with E-state index in [9.17, 15) is 4.79 Å². The van der Waals surface area contributed by atoms with E-state index < -0.39 is 0 Å². The number of carbonyl (C=O) groups excluding carboxylic acids is 1. The molecule has 4 heteroatoms. The van der Waals surface area contributed by atoms with Crippen LogP contribution in [-0.2, 0) is 17.8 Å². The molecule has 2 aromatic rings. The first-order valence-electron chi connectivity index (χ1n) is 17.0. The van der Waals surface area contributed by atoms with E-state index in [0.29, 0.717) is 5.91 Å². The van der Waals surface area contributed by atoms with Crippen LogP contribution in [-0.4, -0.2) is 22.0 Å². The molecule has 0 aliphatic heterocycles. The second-order valence-corrected chi connectivity index (χ2v) is 12.2. The minimum Gasteiger partial charge on any atom is -0.356 e. The fourth-order valence-electron chi connectivity index (χ4n) is 6.34. The predicted octanol–water partition coefficient (Wildman–Crippen LogP) is 9.93. The fraction of sp³-hybridized carbons (Fsp3) is 0.771. The lowest BCUT2D eigenvalue weighted by atomic mass is 9.89. The van der Waals surface area contributed by atoms with E-state index >= 15 is 0 Å². The van der Waals surface area contributed by atoms with Gasteiger partial charge in [0.15, 0.2) is 0 Å². The molecular formula is C35H59N3O. The number of para-hydroxylation sites is 2. The van der Waals surface area contributed by atoms with E-state index in [2.05, 4.69) is 41.1 Å². The summed E-state index contributed by atoms with van der Waals surface area (Å²) in [5, 5.41) is 3.19. The van der Waals surface area contributed by atoms with Gasteiger partial charge in [-0.1, -0.05) is 128 Å². The zero-order valence-corrected chi connectivity index (χ0v) is 25.4. The average Bonchev–Trinajstić information content (AvgIpc) is 3.32. The van der Waals surface area contributed by atoms with E-state index in [-0.39, 0.29) is 5.92 Å². The van der Waals surface area contributed by atoms with E-state index in [1.54, 1.807) is 0 Å². The smallest absolute Gasteiger partial charge is 0.223 e. The molecule has 3 rings (SSSR count). The molecule has 1 aliphatic rings. The summed E-state index contributed by atoms with van der Waals surface area (Å²) >= 11 is 0. The maximum Gasteiger partial charge on any atom is 0.223 e. The molecule has 0 radical (unpaired) electrons. The molecule has 1 aromatic heterocycles. The van der Waals surface area contributed by atoms with Crippen molar-refractivity contribution in [1.29, 1.82) is 0 Å². The second kappa shape index (κ2) is 20.1. The van der Waals surface area contributed by atoms with Crippen LogP contribution >= 0.6 is 0 Å². The highest BCUT2D eigenvalue weighted by Gasteiger charge is 2.20. The SMILES string of the molecule is CCCCCCCCCCCCCCCCn1c(CCCCCNC(=O)C2CCCCC2)nc2ccccc21. The molecule has 1 N–H and O–H groups in total. The van der Waals surface area contributed by atoms with Gasteiger partial charge in [-0.25, -0.2) is 4.98 Å². The van der Waals surface area contributed by atoms with Crippen molar-refractivity contribution in [3.05, 3.63) is 30.1 Å². The van der Waals surface area contributed by atoms with Gasteiger partial charge in [0.1, 0.15) is 5.82 Å². The number of aromatic nitrogens is 2. The Morgan fingerprint density at radius 2 is 1.36 bits per heavy atom. The molecule has 1 heterocycles. The fourth-order valence-corrected chi connectivity index (χ4v) is 6.34. The second-order valence-electron chi connectivity index (χ2n) is 12.2. The summed E-state index contributed by atoms with van der Waals surface area (Å²) in [7, 11) is 0. The Kier molecular flexibility index (Phi) is 16.3. The number of unbranched alkanes of at least 4 members (excludes halogenated alkanes) is 15. The van der Waals surface area contributed by atoms with Crippen molar-refractivity contribution in [3.63, 3.8) is 0 Å². The van der Waals surface area contributed by atoms with Gasteiger partial charge in [-0.05, 0) is 44.2 Å². The summed E-state index contributed by atoms with van der Waals surface area (Å²) in [6.45, 7) is 4.21. The Hall–Kier alpha value is -1.84. The summed E-state index contributed by atoms with van der Waals surface area (Å²) in [4.78, 5) is 17.3. The molecule has 220 valence electrons. The van der Waals surface area contributed by atoms with Crippen LogP contribution < -0.4 is 5.32 Å². The molecule has 1 aliphatic carbocycles. The number of hydrogen-bond donors (Lipinski definition) is 1. The molecule has 0 spiro atoms. The summed E-state index contributed by atoms with van der Waals surface area (Å²) in [6.07, 6.45) is 29.9. The van der Waals surface area contributed by atoms with E-state index in [1.807, 2.05) is 0 Å². The van der Waals surface area contributed by atoms with Crippen LogP contribution in [0.3, 0.4) is 0 Å². The highest BCUT2D eigenvalue weighted by molar-refractivity contribution is 5.78. The zero-order chi connectivity index (χ0) is 27.4. The third-order valence-corrected chi connectivity index (χ3v) is 8.82. The number of nitrogens with zero attached hydrogens (tertiary/aromatic N) is 2. The highest BCUT2D eigenvalue weighted by Crippen LogP contribution is 2.24. The summed E-state index contributed by atoms with van der Waals surface area (Å²) in [5.41, 5.74) is 2.43. The standard InChI is InChI=1S/C35H59N3O/c1-2-3-4-5-6-7-8-9-10-11-12-13-14-23-30-38-33-27-21-20-26-32(33)37-34(38)28-19-16-22-29-36-35(39)31-24-17-15-18-25-31/h20-21,26-27,31H,2-19,22-25,28-30H2,1H3,(H,36,39). The largest absolute Gasteiger partial charge is 0.356 e. The molecule has 0 unspecified atom stereocenters. The third-order valence-electron chi connectivity index (χ3n) is 8.82. The quantitative estimate of drug-likeness (QED) is 0.152. The number of amides is 1. The van der Waals surface area contributed by atoms with Crippen molar-refractivity contribution in [2.24, 2.45) is 5.92 Å². The topological polar surface area (TPSA) is 46.9 Å². The lowest BCUT2D eigenvalue weighted by Crippen LogP contribution is -2.32. The molecule has 1 fully saturated rings. The van der Waals surface area contributed by atoms with Gasteiger partial charge in [-0.2, -0.15) is 0 Å². The lowest BCUT2D eigenvalue weighted by Gasteiger charge is -2.20. The molecule has 1 amide bonds. The van der Waals surface area contributed by atoms with Crippen LogP contribution in [0.4, 0.5) is 0 Å². The van der Waals surface area contributed by atoms with Crippen molar-refractivity contribution in [2.75, 3.05) is 6.54 Å². The molecule has 1 saturated carbocycles. The molecular weight excluding hydrogens is 478 g/mol. The maximum absolute atomic E-state index is 12.3. The van der Waals surface area contributed by atoms with Crippen LogP contribution in [0.2, 0.25) is 0 Å². The van der Waals surface area contributed by atoms with Crippen LogP contribution in [0.1, 0.15) is 154 Å². The number of benzene rings is 1. The van der Waals surface area contributed by atoms with Gasteiger partial charge in [0.05, 0.1) is 11.0 Å². The minimum absolute atomic E-state index is 0.272. The first-order valence-corrected chi connectivity index (χ1v) is 17.0. The Bertz CT molecular complexity index is 898. The van der Waals surface area contributed by atoms with Gasteiger partial charge in [0, 0.05) is 25.4 Å². The maximum atomic E-state index is 12.3. The normalized spacial score (nSPS) is 14.3. The third kappa shape index (κ3) is 12.5. The van der Waals surface area contributed by atoms with Crippen LogP contribution in [0, 0.1) is 5.92 Å². The molecule has 39 heavy (non-hydrogen) atoms. The lowest BCUT2D eigenvalue weighted by molar-refractivity contribution is -0.125. The van der Waals surface area contributed by atoms with Crippen molar-refractivity contribution in [3.8, 4) is 0 Å². The van der Waals surface area contributed by atoms with Gasteiger partial charge in [0.2, 0.25) is 5.91 Å². The molecule has 0 bridgehead atoms. The van der Waals surface area contributed by atoms with Crippen molar-refractivity contribution >= 4 is 16.9 Å². The van der Waals surface area contributed by atoms with Crippen LogP contribution in [0.25, 0.3) is 11.0 Å². The monoisotopic (exact) mass is 537 g/mol. The van der Waals surface area contributed by atoms with Gasteiger partial charge in [-0.3, -0.25) is 4.79 Å². The van der Waals surface area contributed by atoms with Gasteiger partial charge in [0.25, 0.3) is 0 Å². The summed E-state index contributed by atoms with van der Waals surface area (Å²) in [6, 6.07) is 8.63. The van der Waals surface area contributed by atoms with Gasteiger partial charge < -0.3 is 9.88 Å². The number of nitrogens with one attached hydrogen (secondary N) is 1. The zero-order valence-electron chi connectivity index (χ0n) is 25.4. The Balaban J connectivity index is 1.26. The first kappa shape index (κ1) is 31.7. The number of imidazole rings is 1. The van der Waals surface area contributed by atoms with Gasteiger partial charge in [-0.15, -0.1) is 0 Å². The number of rotatable bonds is 22. The van der Waals surface area contributed by atoms with Crippen molar-refractivity contribution < 1.29 is 4.79 Å². The highest BCUT2D eigenvalue weighted by atomic mass is 16.1. The number of aryl methyl sites for hydroxylation is 2. The van der Waals surface area contributed by atoms with Crippen molar-refractivity contribution in [2.45, 2.75) is 161 Å². The predicted molar refractivity (Wildman–Crippen MR) is 167 cm³/mol. The number of carbonyl (C=O) groups is 1. The average molecular weight is 538 g/mol. The van der Waals surface area contributed by atoms with Crippen LogP contribution in [0.5, 0.6) is 0 Å². The Morgan fingerprint density at radius 1 is 0.769 bits per heavy atom. The van der Waals surface area contributed by atoms with E-state index in [1.165, 1.54) is 120 Å². The van der Waals surface area contributed by atoms with Crippen molar-refractivity contribution in [1.82, 2.24) is 14.9 Å². The molecule has 1 aromatic carbocycles.